The minimum Gasteiger partial charge on any atom is -0.496 e. The molecule has 1 heterocycles. The highest BCUT2D eigenvalue weighted by molar-refractivity contribution is 8.08. The third-order valence-corrected chi connectivity index (χ3v) is 3.90. The van der Waals surface area contributed by atoms with E-state index in [1.807, 2.05) is 26.0 Å². The fourth-order valence-electron chi connectivity index (χ4n) is 1.87. The number of rotatable bonds is 2. The zero-order valence-electron chi connectivity index (χ0n) is 9.95. The van der Waals surface area contributed by atoms with E-state index in [9.17, 15) is 4.79 Å². The van der Waals surface area contributed by atoms with Gasteiger partial charge in [0.1, 0.15) is 5.76 Å². The van der Waals surface area contributed by atoms with E-state index in [2.05, 4.69) is 0 Å². The van der Waals surface area contributed by atoms with Gasteiger partial charge in [-0.2, -0.15) is 0 Å². The Morgan fingerprint density at radius 3 is 2.76 bits per heavy atom. The van der Waals surface area contributed by atoms with Crippen molar-refractivity contribution in [1.29, 1.82) is 0 Å². The maximum absolute atomic E-state index is 11.2. The average molecular weight is 249 g/mol. The van der Waals surface area contributed by atoms with Crippen LogP contribution in [0.4, 0.5) is 0 Å². The Balaban J connectivity index is 2.41. The topological polar surface area (TPSA) is 52.3 Å². The minimum absolute atomic E-state index is 0.382. The Bertz CT molecular complexity index is 494. The number of aryl methyl sites for hydroxylation is 1. The molecule has 3 nitrogen and oxygen atoms in total. The first-order valence-electron chi connectivity index (χ1n) is 5.47. The van der Waals surface area contributed by atoms with Crippen LogP contribution in [0.25, 0.3) is 4.91 Å². The molecule has 1 aromatic rings. The maximum atomic E-state index is 11.2. The van der Waals surface area contributed by atoms with Gasteiger partial charge in [-0.25, -0.2) is 0 Å². The van der Waals surface area contributed by atoms with Gasteiger partial charge in [-0.3, -0.25) is 4.79 Å². The van der Waals surface area contributed by atoms with Crippen LogP contribution in [0.3, 0.4) is 0 Å². The summed E-state index contributed by atoms with van der Waals surface area (Å²) in [6, 6.07) is 5.69. The second kappa shape index (κ2) is 4.84. The zero-order valence-corrected chi connectivity index (χ0v) is 10.8. The van der Waals surface area contributed by atoms with Crippen molar-refractivity contribution in [2.45, 2.75) is 13.8 Å². The summed E-state index contributed by atoms with van der Waals surface area (Å²) in [6.07, 6.45) is 0. The van der Waals surface area contributed by atoms with Crippen LogP contribution in [0.2, 0.25) is 0 Å². The summed E-state index contributed by atoms with van der Waals surface area (Å²) in [6.45, 7) is 4.63. The third-order valence-electron chi connectivity index (χ3n) is 2.72. The first-order valence-corrected chi connectivity index (χ1v) is 6.45. The minimum atomic E-state index is -0.382. The van der Waals surface area contributed by atoms with Gasteiger partial charge >= 0.3 is 0 Å². The first kappa shape index (κ1) is 12.0. The van der Waals surface area contributed by atoms with Crippen LogP contribution in [-0.4, -0.2) is 18.3 Å². The molecule has 4 heteroatoms. The van der Waals surface area contributed by atoms with E-state index in [0.717, 1.165) is 34.2 Å². The molecular formula is C13H15NO2S. The quantitative estimate of drug-likeness (QED) is 0.876. The number of carbonyl (C=O) groups is 1. The summed E-state index contributed by atoms with van der Waals surface area (Å²) >= 11 is 1.79. The molecule has 0 saturated heterocycles. The lowest BCUT2D eigenvalue weighted by Crippen LogP contribution is -2.13. The summed E-state index contributed by atoms with van der Waals surface area (Å²) < 4.78 is 5.53. The normalized spacial score (nSPS) is 15.6. The molecule has 2 N–H and O–H groups in total. The summed E-state index contributed by atoms with van der Waals surface area (Å²) in [7, 11) is 0. The largest absolute Gasteiger partial charge is 0.496 e. The molecule has 0 radical (unpaired) electrons. The lowest BCUT2D eigenvalue weighted by Gasteiger charge is -2.19. The first-order chi connectivity index (χ1) is 8.09. The highest BCUT2D eigenvalue weighted by Gasteiger charge is 2.14. The number of benzene rings is 1. The lowest BCUT2D eigenvalue weighted by molar-refractivity contribution is 0.0999. The van der Waals surface area contributed by atoms with Gasteiger partial charge in [0.25, 0.3) is 0 Å². The summed E-state index contributed by atoms with van der Waals surface area (Å²) in [5.41, 5.74) is 7.86. The Labute approximate surface area is 105 Å². The highest BCUT2D eigenvalue weighted by atomic mass is 32.2. The van der Waals surface area contributed by atoms with Crippen LogP contribution in [0.15, 0.2) is 24.0 Å². The van der Waals surface area contributed by atoms with Crippen molar-refractivity contribution in [1.82, 2.24) is 0 Å². The second-order valence-corrected chi connectivity index (χ2v) is 5.08. The number of hydrogen-bond donors (Lipinski definition) is 1. The van der Waals surface area contributed by atoms with Crippen molar-refractivity contribution in [3.63, 3.8) is 0 Å². The molecule has 0 aromatic heterocycles. The highest BCUT2D eigenvalue weighted by Crippen LogP contribution is 2.34. The fourth-order valence-corrected chi connectivity index (χ4v) is 2.80. The van der Waals surface area contributed by atoms with Crippen molar-refractivity contribution in [3.05, 3.63) is 40.6 Å². The van der Waals surface area contributed by atoms with E-state index in [-0.39, 0.29) is 5.91 Å². The number of amides is 1. The van der Waals surface area contributed by atoms with E-state index in [1.54, 1.807) is 17.8 Å². The molecular weight excluding hydrogens is 234 g/mol. The Morgan fingerprint density at radius 2 is 2.18 bits per heavy atom. The predicted octanol–water partition coefficient (Wildman–Crippen LogP) is 2.55. The van der Waals surface area contributed by atoms with Gasteiger partial charge in [0.05, 0.1) is 11.5 Å². The van der Waals surface area contributed by atoms with Gasteiger partial charge in [-0.1, -0.05) is 6.07 Å². The van der Waals surface area contributed by atoms with Gasteiger partial charge in [-0.15, -0.1) is 11.8 Å². The van der Waals surface area contributed by atoms with Gasteiger partial charge in [0.2, 0.25) is 5.91 Å². The predicted molar refractivity (Wildman–Crippen MR) is 70.7 cm³/mol. The molecule has 0 unspecified atom stereocenters. The molecule has 1 aliphatic heterocycles. The molecule has 1 aliphatic rings. The van der Waals surface area contributed by atoms with Crippen molar-refractivity contribution in [3.8, 4) is 0 Å². The standard InChI is InChI=1S/C13H15NO2S/c1-8-7-10(3-4-11(8)13(14)15)12-9(2)16-5-6-17-12/h3-4,7H,5-6H2,1-2H3,(H2,14,15). The van der Waals surface area contributed by atoms with E-state index in [0.29, 0.717) is 5.56 Å². The van der Waals surface area contributed by atoms with Gasteiger partial charge < -0.3 is 10.5 Å². The molecule has 0 bridgehead atoms. The van der Waals surface area contributed by atoms with Gasteiger partial charge in [0, 0.05) is 11.3 Å². The molecule has 0 fully saturated rings. The molecule has 0 spiro atoms. The van der Waals surface area contributed by atoms with Crippen LogP contribution >= 0.6 is 11.8 Å². The fraction of sp³-hybridized carbons (Fsp3) is 0.308. The van der Waals surface area contributed by atoms with E-state index in [4.69, 9.17) is 10.5 Å². The van der Waals surface area contributed by atoms with Crippen molar-refractivity contribution in [2.24, 2.45) is 5.73 Å². The monoisotopic (exact) mass is 249 g/mol. The van der Waals surface area contributed by atoms with Crippen LogP contribution in [0, 0.1) is 6.92 Å². The second-order valence-electron chi connectivity index (χ2n) is 3.98. The Kier molecular flexibility index (Phi) is 3.43. The number of carbonyl (C=O) groups excluding carboxylic acids is 1. The Hall–Kier alpha value is -1.42. The summed E-state index contributed by atoms with van der Waals surface area (Å²) in [4.78, 5) is 12.3. The van der Waals surface area contributed by atoms with E-state index >= 15 is 0 Å². The van der Waals surface area contributed by atoms with Crippen LogP contribution in [0.5, 0.6) is 0 Å². The van der Waals surface area contributed by atoms with Crippen molar-refractivity contribution >= 4 is 22.6 Å². The Morgan fingerprint density at radius 1 is 1.41 bits per heavy atom. The van der Waals surface area contributed by atoms with Crippen molar-refractivity contribution in [2.75, 3.05) is 12.4 Å². The molecule has 1 aromatic carbocycles. The maximum Gasteiger partial charge on any atom is 0.248 e. The molecule has 0 aliphatic carbocycles. The molecule has 0 atom stereocenters. The third kappa shape index (κ3) is 2.47. The molecule has 0 saturated carbocycles. The molecule has 17 heavy (non-hydrogen) atoms. The van der Waals surface area contributed by atoms with Crippen LogP contribution in [-0.2, 0) is 4.74 Å². The van der Waals surface area contributed by atoms with E-state index in [1.165, 1.54) is 0 Å². The number of allylic oxidation sites excluding steroid dienone is 1. The number of ether oxygens (including phenoxy) is 1. The number of thioether (sulfide) groups is 1. The SMILES string of the molecule is CC1=C(c2ccc(C(N)=O)c(C)c2)SCCO1. The number of hydrogen-bond acceptors (Lipinski definition) is 3. The lowest BCUT2D eigenvalue weighted by atomic mass is 10.0. The van der Waals surface area contributed by atoms with Gasteiger partial charge in [-0.05, 0) is 37.1 Å². The smallest absolute Gasteiger partial charge is 0.248 e. The van der Waals surface area contributed by atoms with Crippen molar-refractivity contribution < 1.29 is 9.53 Å². The van der Waals surface area contributed by atoms with E-state index < -0.39 is 0 Å². The molecule has 2 rings (SSSR count). The molecule has 90 valence electrons. The van der Waals surface area contributed by atoms with Crippen LogP contribution < -0.4 is 5.73 Å². The number of primary amides is 1. The summed E-state index contributed by atoms with van der Waals surface area (Å²) in [5, 5.41) is 0. The summed E-state index contributed by atoms with van der Waals surface area (Å²) in [5.74, 6) is 1.53. The van der Waals surface area contributed by atoms with Crippen LogP contribution in [0.1, 0.15) is 28.4 Å². The number of nitrogens with two attached hydrogens (primary N) is 1. The molecule has 1 amide bonds. The van der Waals surface area contributed by atoms with Gasteiger partial charge in [0.15, 0.2) is 0 Å². The zero-order chi connectivity index (χ0) is 12.4. The average Bonchev–Trinajstić information content (AvgIpc) is 2.29.